The molecule has 0 atom stereocenters. The number of ether oxygens (including phenoxy) is 1. The number of aromatic nitrogens is 3. The summed E-state index contributed by atoms with van der Waals surface area (Å²) in [7, 11) is 1.84. The van der Waals surface area contributed by atoms with Crippen LogP contribution in [0.3, 0.4) is 0 Å². The molecule has 138 valence electrons. The van der Waals surface area contributed by atoms with Gasteiger partial charge in [0.05, 0.1) is 11.3 Å². The van der Waals surface area contributed by atoms with E-state index in [1.165, 1.54) is 23.1 Å². The van der Waals surface area contributed by atoms with Crippen molar-refractivity contribution < 1.29 is 9.53 Å². The summed E-state index contributed by atoms with van der Waals surface area (Å²) in [5.74, 6) is 1.42. The van der Waals surface area contributed by atoms with Gasteiger partial charge >= 0.3 is 0 Å². The van der Waals surface area contributed by atoms with Crippen LogP contribution in [0.1, 0.15) is 17.0 Å². The lowest BCUT2D eigenvalue weighted by Crippen LogP contribution is -2.14. The monoisotopic (exact) mass is 399 g/mol. The van der Waals surface area contributed by atoms with Crippen LogP contribution in [0.2, 0.25) is 0 Å². The Morgan fingerprint density at radius 2 is 2.26 bits per heavy atom. The second-order valence-corrected chi connectivity index (χ2v) is 7.53. The first-order valence-electron chi connectivity index (χ1n) is 8.05. The lowest BCUT2D eigenvalue weighted by atomic mass is 10.2. The van der Waals surface area contributed by atoms with Crippen LogP contribution >= 0.6 is 23.1 Å². The lowest BCUT2D eigenvalue weighted by molar-refractivity contribution is -0.113. The number of carbonyl (C=O) groups excluding carboxylic acids is 1. The van der Waals surface area contributed by atoms with Crippen LogP contribution < -0.4 is 10.1 Å². The molecule has 1 amide bonds. The van der Waals surface area contributed by atoms with Gasteiger partial charge in [0.15, 0.2) is 11.0 Å². The van der Waals surface area contributed by atoms with E-state index in [2.05, 4.69) is 15.5 Å². The average Bonchev–Trinajstić information content (AvgIpc) is 3.24. The molecule has 0 spiro atoms. The fourth-order valence-corrected chi connectivity index (χ4v) is 3.72. The molecule has 0 saturated heterocycles. The van der Waals surface area contributed by atoms with E-state index in [9.17, 15) is 4.79 Å². The quantitative estimate of drug-likeness (QED) is 0.612. The molecule has 0 radical (unpaired) electrons. The largest absolute Gasteiger partial charge is 0.486 e. The van der Waals surface area contributed by atoms with Crippen LogP contribution in [-0.2, 0) is 18.4 Å². The van der Waals surface area contributed by atoms with Crippen LogP contribution in [0.15, 0.2) is 40.9 Å². The molecule has 0 unspecified atom stereocenters. The van der Waals surface area contributed by atoms with Crippen LogP contribution in [0, 0.1) is 18.3 Å². The summed E-state index contributed by atoms with van der Waals surface area (Å²) in [4.78, 5) is 12.1. The molecule has 2 heterocycles. The summed E-state index contributed by atoms with van der Waals surface area (Å²) in [6.45, 7) is 2.30. The molecule has 0 saturated carbocycles. The van der Waals surface area contributed by atoms with Gasteiger partial charge in [-0.2, -0.15) is 5.26 Å². The third-order valence-corrected chi connectivity index (χ3v) is 5.50. The van der Waals surface area contributed by atoms with Gasteiger partial charge in [-0.05, 0) is 36.1 Å². The first kappa shape index (κ1) is 18.9. The van der Waals surface area contributed by atoms with Crippen molar-refractivity contribution in [2.45, 2.75) is 18.7 Å². The predicted molar refractivity (Wildman–Crippen MR) is 105 cm³/mol. The summed E-state index contributed by atoms with van der Waals surface area (Å²) >= 11 is 2.60. The Balaban J connectivity index is 1.54. The maximum atomic E-state index is 12.1. The van der Waals surface area contributed by atoms with Crippen molar-refractivity contribution in [3.63, 3.8) is 0 Å². The number of rotatable bonds is 7. The summed E-state index contributed by atoms with van der Waals surface area (Å²) in [6, 6.07) is 11.5. The molecule has 0 bridgehead atoms. The molecule has 0 aliphatic rings. The number of aryl methyl sites for hydroxylation is 1. The van der Waals surface area contributed by atoms with Gasteiger partial charge in [0.2, 0.25) is 5.91 Å². The first-order valence-corrected chi connectivity index (χ1v) is 9.91. The highest BCUT2D eigenvalue weighted by atomic mass is 32.2. The fourth-order valence-electron chi connectivity index (χ4n) is 2.24. The van der Waals surface area contributed by atoms with Crippen molar-refractivity contribution in [3.05, 3.63) is 52.7 Å². The highest BCUT2D eigenvalue weighted by molar-refractivity contribution is 7.99. The molecule has 0 aliphatic carbocycles. The Labute approximate surface area is 165 Å². The Morgan fingerprint density at radius 3 is 3.04 bits per heavy atom. The van der Waals surface area contributed by atoms with Crippen molar-refractivity contribution in [2.75, 3.05) is 11.1 Å². The van der Waals surface area contributed by atoms with Crippen LogP contribution in [0.5, 0.6) is 5.75 Å². The molecule has 3 rings (SSSR count). The van der Waals surface area contributed by atoms with Gasteiger partial charge in [-0.1, -0.05) is 23.9 Å². The molecule has 7 nitrogen and oxygen atoms in total. The maximum Gasteiger partial charge on any atom is 0.235 e. The zero-order valence-electron chi connectivity index (χ0n) is 14.8. The molecule has 0 fully saturated rings. The Morgan fingerprint density at radius 1 is 1.41 bits per heavy atom. The van der Waals surface area contributed by atoms with Gasteiger partial charge in [-0.25, -0.2) is 0 Å². The lowest BCUT2D eigenvalue weighted by Gasteiger charge is -2.07. The third kappa shape index (κ3) is 4.87. The van der Waals surface area contributed by atoms with Crippen molar-refractivity contribution in [2.24, 2.45) is 7.05 Å². The molecular weight excluding hydrogens is 382 g/mol. The number of thioether (sulfide) groups is 1. The second-order valence-electron chi connectivity index (χ2n) is 5.68. The maximum absolute atomic E-state index is 12.1. The van der Waals surface area contributed by atoms with Gasteiger partial charge in [0.1, 0.15) is 23.4 Å². The minimum absolute atomic E-state index is 0.174. The smallest absolute Gasteiger partial charge is 0.235 e. The van der Waals surface area contributed by atoms with E-state index in [4.69, 9.17) is 10.00 Å². The molecular formula is C18H17N5O2S2. The summed E-state index contributed by atoms with van der Waals surface area (Å²) in [6.07, 6.45) is 0. The highest BCUT2D eigenvalue weighted by Gasteiger charge is 2.13. The molecule has 1 aromatic carbocycles. The van der Waals surface area contributed by atoms with Gasteiger partial charge < -0.3 is 14.6 Å². The topological polar surface area (TPSA) is 92.8 Å². The number of nitrogens with zero attached hydrogens (tertiary/aromatic N) is 4. The van der Waals surface area contributed by atoms with E-state index < -0.39 is 0 Å². The highest BCUT2D eigenvalue weighted by Crippen LogP contribution is 2.23. The third-order valence-electron chi connectivity index (χ3n) is 3.65. The fraction of sp³-hybridized carbons (Fsp3) is 0.222. The van der Waals surface area contributed by atoms with E-state index in [0.29, 0.717) is 28.2 Å². The van der Waals surface area contributed by atoms with Gasteiger partial charge in [0, 0.05) is 7.05 Å². The van der Waals surface area contributed by atoms with E-state index in [-0.39, 0.29) is 11.7 Å². The molecule has 27 heavy (non-hydrogen) atoms. The molecule has 0 aliphatic heterocycles. The first-order chi connectivity index (χ1) is 13.1. The number of carbonyl (C=O) groups is 1. The zero-order valence-corrected chi connectivity index (χ0v) is 16.4. The van der Waals surface area contributed by atoms with Crippen LogP contribution in [0.25, 0.3) is 0 Å². The van der Waals surface area contributed by atoms with E-state index in [1.807, 2.05) is 44.3 Å². The molecule has 2 aromatic heterocycles. The Hall–Kier alpha value is -2.83. The number of amides is 1. The van der Waals surface area contributed by atoms with Gasteiger partial charge in [-0.15, -0.1) is 21.5 Å². The minimum Gasteiger partial charge on any atom is -0.486 e. The number of nitrogens with one attached hydrogen (secondary N) is 1. The predicted octanol–water partition coefficient (Wildman–Crippen LogP) is 3.37. The molecule has 3 aromatic rings. The van der Waals surface area contributed by atoms with Crippen molar-refractivity contribution in [3.8, 4) is 11.8 Å². The number of nitriles is 1. The standard InChI is InChI=1S/C18H17N5O2S2/c1-12-4-3-5-14(8-12)25-10-15-21-22-18(23(15)2)27-11-16(24)20-17-13(9-19)6-7-26-17/h3-8H,10-11H2,1-2H3,(H,20,24). The summed E-state index contributed by atoms with van der Waals surface area (Å²) in [5.41, 5.74) is 1.59. The van der Waals surface area contributed by atoms with E-state index in [1.54, 1.807) is 16.0 Å². The minimum atomic E-state index is -0.195. The Bertz CT molecular complexity index is 990. The number of hydrogen-bond donors (Lipinski definition) is 1. The number of thiophene rings is 1. The number of benzene rings is 1. The average molecular weight is 400 g/mol. The van der Waals surface area contributed by atoms with E-state index in [0.717, 1.165) is 11.3 Å². The SMILES string of the molecule is Cc1cccc(OCc2nnc(SCC(=O)Nc3sccc3C#N)n2C)c1. The van der Waals surface area contributed by atoms with Crippen LogP contribution in [-0.4, -0.2) is 26.4 Å². The zero-order chi connectivity index (χ0) is 19.2. The van der Waals surface area contributed by atoms with Gasteiger partial charge in [-0.3, -0.25) is 4.79 Å². The van der Waals surface area contributed by atoms with Crippen molar-refractivity contribution in [1.82, 2.24) is 14.8 Å². The molecule has 9 heteroatoms. The Kier molecular flexibility index (Phi) is 6.11. The van der Waals surface area contributed by atoms with Gasteiger partial charge in [0.25, 0.3) is 0 Å². The molecule has 1 N–H and O–H groups in total. The second kappa shape index (κ2) is 8.70. The van der Waals surface area contributed by atoms with Crippen molar-refractivity contribution in [1.29, 1.82) is 5.26 Å². The number of hydrogen-bond acceptors (Lipinski definition) is 7. The summed E-state index contributed by atoms with van der Waals surface area (Å²) < 4.78 is 7.55. The van der Waals surface area contributed by atoms with E-state index >= 15 is 0 Å². The summed E-state index contributed by atoms with van der Waals surface area (Å²) in [5, 5.41) is 22.9. The van der Waals surface area contributed by atoms with Crippen LogP contribution in [0.4, 0.5) is 5.00 Å². The normalized spacial score (nSPS) is 10.4. The van der Waals surface area contributed by atoms with Crippen molar-refractivity contribution >= 4 is 34.0 Å². The number of anilines is 1.